The Balaban J connectivity index is 1.60. The third-order valence-electron chi connectivity index (χ3n) is 7.03. The van der Waals surface area contributed by atoms with E-state index >= 15 is 0 Å². The van der Waals surface area contributed by atoms with E-state index < -0.39 is 47.7 Å². The minimum Gasteiger partial charge on any atom is -0.341 e. The van der Waals surface area contributed by atoms with Crippen molar-refractivity contribution in [1.82, 2.24) is 0 Å². The van der Waals surface area contributed by atoms with E-state index in [-0.39, 0.29) is 29.3 Å². The highest BCUT2D eigenvalue weighted by molar-refractivity contribution is 5.35. The first-order valence-electron chi connectivity index (χ1n) is 11.7. The van der Waals surface area contributed by atoms with Crippen molar-refractivity contribution in [2.24, 2.45) is 0 Å². The Bertz CT molecular complexity index is 1210. The summed E-state index contributed by atoms with van der Waals surface area (Å²) in [6.07, 6.45) is -12.0. The van der Waals surface area contributed by atoms with Crippen molar-refractivity contribution < 1.29 is 44.7 Å². The number of quaternary nitrogens is 1. The van der Waals surface area contributed by atoms with Crippen LogP contribution < -0.4 is 0 Å². The minimum atomic E-state index is -4.97. The van der Waals surface area contributed by atoms with Gasteiger partial charge < -0.3 is 14.0 Å². The van der Waals surface area contributed by atoms with Crippen LogP contribution in [0.3, 0.4) is 0 Å². The van der Waals surface area contributed by atoms with Crippen molar-refractivity contribution in [3.05, 3.63) is 106 Å². The van der Waals surface area contributed by atoms with Gasteiger partial charge in [0.2, 0.25) is 6.29 Å². The van der Waals surface area contributed by atoms with Crippen LogP contribution >= 0.6 is 0 Å². The lowest BCUT2D eigenvalue weighted by Crippen LogP contribution is -2.65. The van der Waals surface area contributed by atoms with Gasteiger partial charge in [0.25, 0.3) is 0 Å². The Morgan fingerprint density at radius 3 is 2.00 bits per heavy atom. The number of halogens is 7. The maximum absolute atomic E-state index is 13.7. The van der Waals surface area contributed by atoms with Crippen molar-refractivity contribution in [2.75, 3.05) is 19.7 Å². The molecule has 10 heteroatoms. The lowest BCUT2D eigenvalue weighted by Gasteiger charge is -2.55. The van der Waals surface area contributed by atoms with E-state index in [0.717, 1.165) is 5.56 Å². The zero-order chi connectivity index (χ0) is 26.4. The SMILES string of the molecule is Fc1ccc([C@H]2[C@@H]3OCC[N+]2(Cc2ccccc2)C[C@H](c2cc(C(F)(F)F)cc(C(F)(F)F)c2)O3)cc1. The van der Waals surface area contributed by atoms with E-state index in [4.69, 9.17) is 9.47 Å². The zero-order valence-corrected chi connectivity index (χ0v) is 19.4. The van der Waals surface area contributed by atoms with E-state index in [9.17, 15) is 30.7 Å². The molecule has 37 heavy (non-hydrogen) atoms. The Kier molecular flexibility index (Phi) is 6.54. The maximum atomic E-state index is 13.7. The van der Waals surface area contributed by atoms with E-state index in [2.05, 4.69) is 0 Å². The molecule has 4 atom stereocenters. The summed E-state index contributed by atoms with van der Waals surface area (Å²) >= 11 is 0. The number of ether oxygens (including phenoxy) is 2. The van der Waals surface area contributed by atoms with Gasteiger partial charge in [-0.25, -0.2) is 4.39 Å². The summed E-state index contributed by atoms with van der Waals surface area (Å²) in [7, 11) is 0. The van der Waals surface area contributed by atoms with Crippen molar-refractivity contribution in [3.8, 4) is 0 Å². The number of hydrogen-bond acceptors (Lipinski definition) is 2. The second-order valence-corrected chi connectivity index (χ2v) is 9.47. The molecule has 2 saturated heterocycles. The molecule has 3 aromatic carbocycles. The molecule has 196 valence electrons. The van der Waals surface area contributed by atoms with Crippen molar-refractivity contribution in [3.63, 3.8) is 0 Å². The van der Waals surface area contributed by atoms with Gasteiger partial charge in [-0.2, -0.15) is 26.3 Å². The normalized spacial score (nSPS) is 26.2. The second kappa shape index (κ2) is 9.41. The molecule has 0 spiro atoms. The molecule has 0 aliphatic carbocycles. The molecule has 2 aliphatic heterocycles. The van der Waals surface area contributed by atoms with Crippen LogP contribution in [0.15, 0.2) is 72.8 Å². The molecule has 5 rings (SSSR count). The third-order valence-corrected chi connectivity index (χ3v) is 7.03. The Morgan fingerprint density at radius 1 is 0.784 bits per heavy atom. The van der Waals surface area contributed by atoms with Gasteiger partial charge in [0.05, 0.1) is 17.7 Å². The summed E-state index contributed by atoms with van der Waals surface area (Å²) in [5, 5.41) is 0. The van der Waals surface area contributed by atoms with E-state index in [1.165, 1.54) is 12.1 Å². The van der Waals surface area contributed by atoms with Gasteiger partial charge in [-0.05, 0) is 48.0 Å². The van der Waals surface area contributed by atoms with Crippen LogP contribution in [0.5, 0.6) is 0 Å². The molecular formula is C27H23F7NO2+. The highest BCUT2D eigenvalue weighted by Crippen LogP contribution is 2.48. The number of nitrogens with zero attached hydrogens (tertiary/aromatic N) is 1. The van der Waals surface area contributed by atoms with Crippen LogP contribution in [0.1, 0.15) is 40.0 Å². The molecular weight excluding hydrogens is 503 g/mol. The molecule has 2 fully saturated rings. The van der Waals surface area contributed by atoms with Gasteiger partial charge in [0.1, 0.15) is 31.6 Å². The highest BCUT2D eigenvalue weighted by Gasteiger charge is 2.54. The van der Waals surface area contributed by atoms with E-state index in [0.29, 0.717) is 30.8 Å². The summed E-state index contributed by atoms with van der Waals surface area (Å²) < 4.78 is 107. The average molecular weight is 526 g/mol. The smallest absolute Gasteiger partial charge is 0.341 e. The second-order valence-electron chi connectivity index (χ2n) is 9.47. The van der Waals surface area contributed by atoms with Crippen molar-refractivity contribution >= 4 is 0 Å². The molecule has 0 amide bonds. The minimum absolute atomic E-state index is 0.107. The fourth-order valence-electron chi connectivity index (χ4n) is 5.36. The fourth-order valence-corrected chi connectivity index (χ4v) is 5.36. The third kappa shape index (κ3) is 5.23. The lowest BCUT2D eigenvalue weighted by molar-refractivity contribution is -0.997. The molecule has 3 aromatic rings. The lowest BCUT2D eigenvalue weighted by atomic mass is 9.92. The van der Waals surface area contributed by atoms with Crippen LogP contribution in [0.25, 0.3) is 0 Å². The molecule has 0 saturated carbocycles. The largest absolute Gasteiger partial charge is 0.416 e. The first-order valence-corrected chi connectivity index (χ1v) is 11.7. The molecule has 0 N–H and O–H groups in total. The van der Waals surface area contributed by atoms with E-state index in [1.54, 1.807) is 12.1 Å². The molecule has 3 nitrogen and oxygen atoms in total. The number of alkyl halides is 6. The predicted octanol–water partition coefficient (Wildman–Crippen LogP) is 7.05. The molecule has 2 heterocycles. The van der Waals surface area contributed by atoms with E-state index in [1.807, 2.05) is 30.3 Å². The number of rotatable bonds is 4. The first kappa shape index (κ1) is 25.7. The summed E-state index contributed by atoms with van der Waals surface area (Å²) in [5.41, 5.74) is -1.35. The van der Waals surface area contributed by atoms with Crippen molar-refractivity contribution in [1.29, 1.82) is 0 Å². The van der Waals surface area contributed by atoms with Crippen molar-refractivity contribution in [2.45, 2.75) is 37.3 Å². The molecule has 2 aliphatic rings. The van der Waals surface area contributed by atoms with Crippen LogP contribution in [0.4, 0.5) is 30.7 Å². The van der Waals surface area contributed by atoms with Gasteiger partial charge in [-0.1, -0.05) is 30.3 Å². The standard InChI is InChI=1S/C27H23F7NO2/c28-22-8-6-18(7-9-22)24-25-36-11-10-35(24,15-17-4-2-1-3-5-17)16-23(37-25)19-12-20(26(29,30)31)14-21(13-19)27(32,33)34/h1-9,12-14,23-25H,10-11,15-16H2/q+1/t23-,24+,25-,35?/m1/s1. The van der Waals surface area contributed by atoms with Gasteiger partial charge >= 0.3 is 12.4 Å². The molecule has 2 bridgehead atoms. The summed E-state index contributed by atoms with van der Waals surface area (Å²) in [4.78, 5) is 0. The van der Waals surface area contributed by atoms with Gasteiger partial charge in [0, 0.05) is 11.1 Å². The average Bonchev–Trinajstić information content (AvgIpc) is 2.83. The molecule has 1 unspecified atom stereocenters. The Hall–Kier alpha value is -2.95. The van der Waals surface area contributed by atoms with Crippen LogP contribution in [0.2, 0.25) is 0 Å². The Labute approximate surface area is 208 Å². The first-order chi connectivity index (χ1) is 17.4. The number of morpholine rings is 2. The quantitative estimate of drug-likeness (QED) is 0.268. The fraction of sp³-hybridized carbons (Fsp3) is 0.333. The molecule has 0 radical (unpaired) electrons. The van der Waals surface area contributed by atoms with Gasteiger partial charge in [0.15, 0.2) is 6.04 Å². The van der Waals surface area contributed by atoms with Crippen LogP contribution in [0, 0.1) is 5.82 Å². The monoisotopic (exact) mass is 526 g/mol. The number of hydrogen-bond donors (Lipinski definition) is 0. The number of benzene rings is 3. The summed E-state index contributed by atoms with van der Waals surface area (Å²) in [6, 6.07) is 16.3. The Morgan fingerprint density at radius 2 is 1.41 bits per heavy atom. The zero-order valence-electron chi connectivity index (χ0n) is 19.4. The summed E-state index contributed by atoms with van der Waals surface area (Å²) in [6.45, 7) is 1.28. The molecule has 0 aromatic heterocycles. The topological polar surface area (TPSA) is 18.5 Å². The maximum Gasteiger partial charge on any atom is 0.416 e. The van der Waals surface area contributed by atoms with Crippen LogP contribution in [-0.4, -0.2) is 30.5 Å². The van der Waals surface area contributed by atoms with Gasteiger partial charge in [-0.3, -0.25) is 0 Å². The summed E-state index contributed by atoms with van der Waals surface area (Å²) in [5.74, 6) is -0.433. The highest BCUT2D eigenvalue weighted by atomic mass is 19.4. The van der Waals surface area contributed by atoms with Gasteiger partial charge in [-0.15, -0.1) is 0 Å². The number of fused-ring (bicyclic) bond motifs is 2. The predicted molar refractivity (Wildman–Crippen MR) is 119 cm³/mol. The van der Waals surface area contributed by atoms with Crippen LogP contribution in [-0.2, 0) is 28.4 Å².